The number of hydrogen-bond acceptors (Lipinski definition) is 7. The molecule has 0 bridgehead atoms. The molecular formula is C18H16FN5O3S. The summed E-state index contributed by atoms with van der Waals surface area (Å²) in [7, 11) is 0. The summed E-state index contributed by atoms with van der Waals surface area (Å²) < 4.78 is 21.1. The van der Waals surface area contributed by atoms with E-state index in [-0.39, 0.29) is 17.6 Å². The Kier molecular flexibility index (Phi) is 3.75. The summed E-state index contributed by atoms with van der Waals surface area (Å²) in [5.74, 6) is -0.465. The fourth-order valence-electron chi connectivity index (χ4n) is 3.79. The van der Waals surface area contributed by atoms with Gasteiger partial charge in [0.1, 0.15) is 22.6 Å². The molecule has 1 unspecified atom stereocenters. The molecule has 2 aliphatic heterocycles. The molecule has 2 aliphatic rings. The Labute approximate surface area is 163 Å². The Morgan fingerprint density at radius 3 is 2.96 bits per heavy atom. The molecule has 0 saturated heterocycles. The number of rotatable bonds is 4. The number of ether oxygens (including phenoxy) is 1. The summed E-state index contributed by atoms with van der Waals surface area (Å²) in [5, 5.41) is 11.7. The third kappa shape index (κ3) is 2.94. The topological polar surface area (TPSA) is 86.3 Å². The molecule has 1 aromatic carbocycles. The van der Waals surface area contributed by atoms with Crippen molar-refractivity contribution in [1.82, 2.24) is 19.4 Å². The summed E-state index contributed by atoms with van der Waals surface area (Å²) >= 11 is 1.59. The molecule has 0 amide bonds. The SMILES string of the molecule is CC1(CN2Cc3nc(-c4cccc(F)c4)sc3C2)Cn2cc([N+](=O)[O-])nc2O1. The first-order valence-corrected chi connectivity index (χ1v) is 9.58. The highest BCUT2D eigenvalue weighted by Crippen LogP contribution is 2.37. The second-order valence-corrected chi connectivity index (χ2v) is 8.45. The molecule has 8 nitrogen and oxygen atoms in total. The van der Waals surface area contributed by atoms with Gasteiger partial charge in [-0.2, -0.15) is 0 Å². The molecule has 5 rings (SSSR count). The number of fused-ring (bicyclic) bond motifs is 2. The van der Waals surface area contributed by atoms with Gasteiger partial charge in [0.25, 0.3) is 0 Å². The van der Waals surface area contributed by atoms with Crippen LogP contribution in [0.4, 0.5) is 10.2 Å². The third-order valence-corrected chi connectivity index (χ3v) is 6.04. The fraction of sp³-hybridized carbons (Fsp3) is 0.333. The summed E-state index contributed by atoms with van der Waals surface area (Å²) in [5.41, 5.74) is 1.31. The second kappa shape index (κ2) is 6.08. The minimum atomic E-state index is -0.521. The van der Waals surface area contributed by atoms with Crippen molar-refractivity contribution in [2.75, 3.05) is 6.54 Å². The number of aromatic nitrogens is 3. The Balaban J connectivity index is 1.27. The van der Waals surface area contributed by atoms with E-state index in [2.05, 4.69) is 14.9 Å². The largest absolute Gasteiger partial charge is 0.436 e. The lowest BCUT2D eigenvalue weighted by molar-refractivity contribution is -0.389. The quantitative estimate of drug-likeness (QED) is 0.493. The molecule has 0 aliphatic carbocycles. The fourth-order valence-corrected chi connectivity index (χ4v) is 4.90. The van der Waals surface area contributed by atoms with Crippen molar-refractivity contribution in [3.8, 4) is 16.6 Å². The van der Waals surface area contributed by atoms with E-state index in [1.807, 2.05) is 13.0 Å². The van der Waals surface area contributed by atoms with Crippen molar-refractivity contribution in [3.63, 3.8) is 0 Å². The lowest BCUT2D eigenvalue weighted by Gasteiger charge is -2.27. The van der Waals surface area contributed by atoms with E-state index in [1.54, 1.807) is 22.0 Å². The molecule has 0 saturated carbocycles. The van der Waals surface area contributed by atoms with E-state index >= 15 is 0 Å². The maximum absolute atomic E-state index is 13.5. The Bertz CT molecular complexity index is 1050. The van der Waals surface area contributed by atoms with Crippen LogP contribution in [0.3, 0.4) is 0 Å². The van der Waals surface area contributed by atoms with Crippen LogP contribution in [0.5, 0.6) is 6.01 Å². The van der Waals surface area contributed by atoms with Crippen LogP contribution in [0.2, 0.25) is 0 Å². The molecule has 10 heteroatoms. The van der Waals surface area contributed by atoms with Gasteiger partial charge in [-0.15, -0.1) is 11.3 Å². The zero-order valence-electron chi connectivity index (χ0n) is 15.0. The third-order valence-electron chi connectivity index (χ3n) is 4.91. The molecule has 144 valence electrons. The lowest BCUT2D eigenvalue weighted by Crippen LogP contribution is -2.43. The van der Waals surface area contributed by atoms with Gasteiger partial charge >= 0.3 is 11.8 Å². The van der Waals surface area contributed by atoms with Gasteiger partial charge < -0.3 is 14.9 Å². The van der Waals surface area contributed by atoms with Gasteiger partial charge in [-0.05, 0) is 24.0 Å². The zero-order chi connectivity index (χ0) is 19.5. The molecule has 0 fully saturated rings. The Morgan fingerprint density at radius 2 is 2.25 bits per heavy atom. The van der Waals surface area contributed by atoms with Gasteiger partial charge in [-0.25, -0.2) is 9.37 Å². The number of nitrogens with zero attached hydrogens (tertiary/aromatic N) is 5. The van der Waals surface area contributed by atoms with E-state index in [0.29, 0.717) is 19.6 Å². The van der Waals surface area contributed by atoms with Crippen molar-refractivity contribution in [2.45, 2.75) is 32.2 Å². The maximum Gasteiger partial charge on any atom is 0.415 e. The van der Waals surface area contributed by atoms with Crippen LogP contribution in [0, 0.1) is 15.9 Å². The summed E-state index contributed by atoms with van der Waals surface area (Å²) in [4.78, 5) is 22.3. The summed E-state index contributed by atoms with van der Waals surface area (Å²) in [6, 6.07) is 6.77. The highest BCUT2D eigenvalue weighted by molar-refractivity contribution is 7.15. The van der Waals surface area contributed by atoms with E-state index in [0.717, 1.165) is 22.8 Å². The molecule has 0 spiro atoms. The van der Waals surface area contributed by atoms with Gasteiger partial charge in [0.15, 0.2) is 0 Å². The Morgan fingerprint density at radius 1 is 1.39 bits per heavy atom. The van der Waals surface area contributed by atoms with E-state index < -0.39 is 10.5 Å². The minimum Gasteiger partial charge on any atom is -0.436 e. The van der Waals surface area contributed by atoms with Gasteiger partial charge in [-0.1, -0.05) is 12.1 Å². The van der Waals surface area contributed by atoms with Crippen LogP contribution in [-0.2, 0) is 19.6 Å². The molecule has 4 heterocycles. The predicted octanol–water partition coefficient (Wildman–Crippen LogP) is 3.22. The second-order valence-electron chi connectivity index (χ2n) is 7.36. The number of nitro groups is 1. The number of halogens is 1. The predicted molar refractivity (Wildman–Crippen MR) is 99.5 cm³/mol. The monoisotopic (exact) mass is 401 g/mol. The van der Waals surface area contributed by atoms with Crippen molar-refractivity contribution in [3.05, 3.63) is 57.0 Å². The van der Waals surface area contributed by atoms with Crippen molar-refractivity contribution >= 4 is 17.2 Å². The first-order valence-electron chi connectivity index (χ1n) is 8.76. The number of imidazole rings is 1. The van der Waals surface area contributed by atoms with Gasteiger partial charge in [-0.3, -0.25) is 9.47 Å². The molecule has 1 atom stereocenters. The lowest BCUT2D eigenvalue weighted by atomic mass is 10.1. The molecule has 3 aromatic rings. The molecule has 0 radical (unpaired) electrons. The smallest absolute Gasteiger partial charge is 0.415 e. The van der Waals surface area contributed by atoms with Crippen LogP contribution in [0.25, 0.3) is 10.6 Å². The highest BCUT2D eigenvalue weighted by Gasteiger charge is 2.42. The molecule has 0 N–H and O–H groups in total. The van der Waals surface area contributed by atoms with E-state index in [4.69, 9.17) is 4.74 Å². The first kappa shape index (κ1) is 17.3. The first-order chi connectivity index (χ1) is 13.4. The van der Waals surface area contributed by atoms with Crippen molar-refractivity contribution < 1.29 is 14.1 Å². The molecule has 28 heavy (non-hydrogen) atoms. The van der Waals surface area contributed by atoms with Gasteiger partial charge in [0, 0.05) is 35.1 Å². The van der Waals surface area contributed by atoms with Crippen LogP contribution in [0.15, 0.2) is 30.5 Å². The van der Waals surface area contributed by atoms with E-state index in [1.165, 1.54) is 23.2 Å². The van der Waals surface area contributed by atoms with Gasteiger partial charge in [0.2, 0.25) is 0 Å². The molecule has 2 aromatic heterocycles. The number of hydrogen-bond donors (Lipinski definition) is 0. The highest BCUT2D eigenvalue weighted by atomic mass is 32.1. The minimum absolute atomic E-state index is 0.200. The zero-order valence-corrected chi connectivity index (χ0v) is 15.8. The maximum atomic E-state index is 13.5. The standard InChI is InChI=1S/C18H16FN5O3S/c1-18(10-23-8-15(24(25)26)21-17(23)27-18)9-22-6-13-14(7-22)28-16(20-13)11-3-2-4-12(19)5-11/h2-5,8H,6-7,9-10H2,1H3. The van der Waals surface area contributed by atoms with Gasteiger partial charge in [0.05, 0.1) is 12.2 Å². The van der Waals surface area contributed by atoms with Crippen molar-refractivity contribution in [2.24, 2.45) is 0 Å². The summed E-state index contributed by atoms with van der Waals surface area (Å²) in [6.45, 7) is 4.59. The van der Waals surface area contributed by atoms with Crippen LogP contribution in [0.1, 0.15) is 17.5 Å². The number of benzene rings is 1. The average Bonchev–Trinajstić information content (AvgIpc) is 3.32. The van der Waals surface area contributed by atoms with Crippen LogP contribution >= 0.6 is 11.3 Å². The summed E-state index contributed by atoms with van der Waals surface area (Å²) in [6.07, 6.45) is 1.41. The molecular weight excluding hydrogens is 385 g/mol. The van der Waals surface area contributed by atoms with Crippen molar-refractivity contribution in [1.29, 1.82) is 0 Å². The average molecular weight is 401 g/mol. The van der Waals surface area contributed by atoms with Crippen LogP contribution in [-0.4, -0.2) is 36.5 Å². The normalized spacial score (nSPS) is 20.8. The number of thiazole rings is 1. The van der Waals surface area contributed by atoms with E-state index in [9.17, 15) is 14.5 Å². The van der Waals surface area contributed by atoms with Crippen LogP contribution < -0.4 is 4.74 Å². The Hall–Kier alpha value is -2.85.